The van der Waals surface area contributed by atoms with Crippen LogP contribution in [0.2, 0.25) is 0 Å². The maximum absolute atomic E-state index is 13.3. The molecule has 2 heteroatoms. The Morgan fingerprint density at radius 2 is 2.00 bits per heavy atom. The number of rotatable bonds is 4. The van der Waals surface area contributed by atoms with E-state index < -0.39 is 0 Å². The second-order valence-corrected chi connectivity index (χ2v) is 3.71. The Kier molecular flexibility index (Phi) is 4.05. The second kappa shape index (κ2) is 5.08. The third kappa shape index (κ3) is 2.79. The molecule has 0 radical (unpaired) electrons. The Balaban J connectivity index is 2.77. The highest BCUT2D eigenvalue weighted by molar-refractivity contribution is 5.22. The number of hydrogen-bond donors (Lipinski definition) is 0. The quantitative estimate of drug-likeness (QED) is 0.678. The molecule has 1 aromatic rings. The average molecular weight is 198 g/mol. The summed E-state index contributed by atoms with van der Waals surface area (Å²) in [4.78, 5) is 0. The van der Waals surface area contributed by atoms with Gasteiger partial charge in [0.2, 0.25) is 0 Å². The number of hydrogen-bond acceptors (Lipinski definition) is 0. The van der Waals surface area contributed by atoms with Gasteiger partial charge in [0.25, 0.3) is 0 Å². The van der Waals surface area contributed by atoms with Crippen LogP contribution in [0.25, 0.3) is 0 Å². The third-order valence-electron chi connectivity index (χ3n) is 2.48. The summed E-state index contributed by atoms with van der Waals surface area (Å²) in [5.41, 5.74) is 0.499. The van der Waals surface area contributed by atoms with E-state index in [1.807, 2.05) is 6.92 Å². The minimum atomic E-state index is -0.357. The van der Waals surface area contributed by atoms with Crippen molar-refractivity contribution in [3.8, 4) is 0 Å². The Morgan fingerprint density at radius 1 is 1.29 bits per heavy atom. The van der Waals surface area contributed by atoms with Crippen molar-refractivity contribution in [2.45, 2.75) is 39.0 Å². The smallest absolute Gasteiger partial charge is 0.126 e. The van der Waals surface area contributed by atoms with Gasteiger partial charge in [-0.15, -0.1) is 0 Å². The molecule has 1 rings (SSSR count). The van der Waals surface area contributed by atoms with Crippen LogP contribution in [0.5, 0.6) is 0 Å². The molecular weight excluding hydrogens is 182 g/mol. The molecular formula is C12H16F2. The average Bonchev–Trinajstić information content (AvgIpc) is 2.18. The van der Waals surface area contributed by atoms with Crippen molar-refractivity contribution in [3.05, 3.63) is 35.4 Å². The van der Waals surface area contributed by atoms with Gasteiger partial charge in [-0.25, -0.2) is 8.78 Å². The number of benzene rings is 1. The Morgan fingerprint density at radius 3 is 2.64 bits per heavy atom. The highest BCUT2D eigenvalue weighted by atomic mass is 19.1. The molecule has 1 atom stereocenters. The van der Waals surface area contributed by atoms with Gasteiger partial charge in [-0.2, -0.15) is 0 Å². The molecule has 0 heterocycles. The van der Waals surface area contributed by atoms with E-state index in [4.69, 9.17) is 0 Å². The van der Waals surface area contributed by atoms with Crippen molar-refractivity contribution >= 4 is 0 Å². The van der Waals surface area contributed by atoms with E-state index in [1.165, 1.54) is 12.1 Å². The molecule has 0 amide bonds. The Hall–Kier alpha value is -0.920. The normalized spacial score (nSPS) is 12.9. The van der Waals surface area contributed by atoms with Crippen molar-refractivity contribution in [2.24, 2.45) is 0 Å². The summed E-state index contributed by atoms with van der Waals surface area (Å²) in [6, 6.07) is 3.66. The minimum Gasteiger partial charge on any atom is -0.207 e. The predicted octanol–water partition coefficient (Wildman–Crippen LogP) is 4.26. The molecule has 0 N–H and O–H groups in total. The van der Waals surface area contributed by atoms with Crippen molar-refractivity contribution < 1.29 is 8.78 Å². The van der Waals surface area contributed by atoms with Crippen molar-refractivity contribution in [2.75, 3.05) is 0 Å². The van der Waals surface area contributed by atoms with Crippen LogP contribution in [0.4, 0.5) is 8.78 Å². The lowest BCUT2D eigenvalue weighted by atomic mass is 9.95. The van der Waals surface area contributed by atoms with Crippen molar-refractivity contribution in [3.63, 3.8) is 0 Å². The molecule has 0 spiro atoms. The SMILES string of the molecule is CCCCC(C)c1cc(F)ccc1F. The van der Waals surface area contributed by atoms with Gasteiger partial charge in [-0.1, -0.05) is 26.7 Å². The Bertz CT molecular complexity index is 294. The van der Waals surface area contributed by atoms with Crippen LogP contribution < -0.4 is 0 Å². The standard InChI is InChI=1S/C12H16F2/c1-3-4-5-9(2)11-8-10(13)6-7-12(11)14/h6-9H,3-5H2,1-2H3. The summed E-state index contributed by atoms with van der Waals surface area (Å²) >= 11 is 0. The topological polar surface area (TPSA) is 0 Å². The van der Waals surface area contributed by atoms with E-state index in [0.29, 0.717) is 5.56 Å². The molecule has 0 aliphatic rings. The first-order valence-corrected chi connectivity index (χ1v) is 5.10. The summed E-state index contributed by atoms with van der Waals surface area (Å²) in [5, 5.41) is 0. The molecule has 0 bridgehead atoms. The zero-order valence-electron chi connectivity index (χ0n) is 8.69. The molecule has 0 aromatic heterocycles. The van der Waals surface area contributed by atoms with E-state index in [9.17, 15) is 8.78 Å². The molecule has 0 aliphatic carbocycles. The fourth-order valence-corrected chi connectivity index (χ4v) is 1.56. The van der Waals surface area contributed by atoms with E-state index in [2.05, 4.69) is 6.92 Å². The molecule has 0 fully saturated rings. The molecule has 0 saturated heterocycles. The van der Waals surface area contributed by atoms with Crippen LogP contribution in [-0.2, 0) is 0 Å². The Labute approximate surface area is 84.0 Å². The first-order chi connectivity index (χ1) is 6.65. The fraction of sp³-hybridized carbons (Fsp3) is 0.500. The molecule has 0 saturated carbocycles. The van der Waals surface area contributed by atoms with Gasteiger partial charge in [-0.05, 0) is 36.1 Å². The van der Waals surface area contributed by atoms with Crippen LogP contribution in [-0.4, -0.2) is 0 Å². The van der Waals surface area contributed by atoms with E-state index >= 15 is 0 Å². The van der Waals surface area contributed by atoms with Gasteiger partial charge in [0.15, 0.2) is 0 Å². The number of halogens is 2. The first kappa shape index (κ1) is 11.2. The van der Waals surface area contributed by atoms with Crippen LogP contribution in [0.3, 0.4) is 0 Å². The van der Waals surface area contributed by atoms with Crippen LogP contribution in [0, 0.1) is 11.6 Å². The summed E-state index contributed by atoms with van der Waals surface area (Å²) in [6.45, 7) is 4.03. The largest absolute Gasteiger partial charge is 0.207 e. The minimum absolute atomic E-state index is 0.102. The van der Waals surface area contributed by atoms with Crippen molar-refractivity contribution in [1.29, 1.82) is 0 Å². The lowest BCUT2D eigenvalue weighted by molar-refractivity contribution is 0.546. The first-order valence-electron chi connectivity index (χ1n) is 5.10. The van der Waals surface area contributed by atoms with E-state index in [0.717, 1.165) is 25.3 Å². The second-order valence-electron chi connectivity index (χ2n) is 3.71. The van der Waals surface area contributed by atoms with Crippen LogP contribution in [0.15, 0.2) is 18.2 Å². The summed E-state index contributed by atoms with van der Waals surface area (Å²) in [7, 11) is 0. The third-order valence-corrected chi connectivity index (χ3v) is 2.48. The number of unbranched alkanes of at least 4 members (excludes halogenated alkanes) is 1. The summed E-state index contributed by atoms with van der Waals surface area (Å²) in [5.74, 6) is -0.551. The lowest BCUT2D eigenvalue weighted by Gasteiger charge is -2.12. The van der Waals surface area contributed by atoms with Gasteiger partial charge < -0.3 is 0 Å². The highest BCUT2D eigenvalue weighted by Gasteiger charge is 2.11. The van der Waals surface area contributed by atoms with Gasteiger partial charge in [0.1, 0.15) is 11.6 Å². The van der Waals surface area contributed by atoms with E-state index in [1.54, 1.807) is 0 Å². The lowest BCUT2D eigenvalue weighted by Crippen LogP contribution is -1.98. The zero-order valence-corrected chi connectivity index (χ0v) is 8.69. The molecule has 1 aromatic carbocycles. The molecule has 78 valence electrons. The van der Waals surface area contributed by atoms with E-state index in [-0.39, 0.29) is 17.6 Å². The summed E-state index contributed by atoms with van der Waals surface area (Å²) in [6.07, 6.45) is 3.05. The fourth-order valence-electron chi connectivity index (χ4n) is 1.56. The van der Waals surface area contributed by atoms with Gasteiger partial charge in [0.05, 0.1) is 0 Å². The maximum Gasteiger partial charge on any atom is 0.126 e. The highest BCUT2D eigenvalue weighted by Crippen LogP contribution is 2.24. The van der Waals surface area contributed by atoms with Gasteiger partial charge >= 0.3 is 0 Å². The maximum atomic E-state index is 13.3. The zero-order chi connectivity index (χ0) is 10.6. The molecule has 1 unspecified atom stereocenters. The molecule has 0 nitrogen and oxygen atoms in total. The molecule has 14 heavy (non-hydrogen) atoms. The monoisotopic (exact) mass is 198 g/mol. The predicted molar refractivity (Wildman–Crippen MR) is 54.3 cm³/mol. The van der Waals surface area contributed by atoms with Gasteiger partial charge in [-0.3, -0.25) is 0 Å². The molecule has 0 aliphatic heterocycles. The summed E-state index contributed by atoms with van der Waals surface area (Å²) < 4.78 is 26.1. The van der Waals surface area contributed by atoms with Crippen LogP contribution >= 0.6 is 0 Å². The van der Waals surface area contributed by atoms with Gasteiger partial charge in [0, 0.05) is 0 Å². The van der Waals surface area contributed by atoms with Crippen molar-refractivity contribution in [1.82, 2.24) is 0 Å². The van der Waals surface area contributed by atoms with Crippen LogP contribution in [0.1, 0.15) is 44.6 Å².